The minimum absolute atomic E-state index is 0.0366. The lowest BCUT2D eigenvalue weighted by atomic mass is 10.0. The Bertz CT molecular complexity index is 436. The zero-order valence-corrected chi connectivity index (χ0v) is 10.3. The fourth-order valence-electron chi connectivity index (χ4n) is 1.60. The Morgan fingerprint density at radius 3 is 2.22 bits per heavy atom. The Hall–Kier alpha value is -1.82. The molecule has 0 fully saturated rings. The third-order valence-electron chi connectivity index (χ3n) is 2.61. The summed E-state index contributed by atoms with van der Waals surface area (Å²) in [7, 11) is 2.90. The molecule has 0 saturated heterocycles. The summed E-state index contributed by atoms with van der Waals surface area (Å²) in [6, 6.07) is 1.97. The van der Waals surface area contributed by atoms with Gasteiger partial charge in [0.2, 0.25) is 0 Å². The van der Waals surface area contributed by atoms with E-state index in [2.05, 4.69) is 0 Å². The number of rotatable bonds is 6. The molecule has 0 bridgehead atoms. The van der Waals surface area contributed by atoms with Crippen LogP contribution in [0.4, 0.5) is 4.39 Å². The van der Waals surface area contributed by atoms with E-state index in [1.54, 1.807) is 6.07 Å². The third-order valence-corrected chi connectivity index (χ3v) is 2.61. The van der Waals surface area contributed by atoms with Crippen molar-refractivity contribution in [3.8, 4) is 11.5 Å². The van der Waals surface area contributed by atoms with Gasteiger partial charge in [-0.15, -0.1) is 0 Å². The van der Waals surface area contributed by atoms with Crippen LogP contribution >= 0.6 is 0 Å². The molecule has 18 heavy (non-hydrogen) atoms. The number of carboxylic acids is 1. The van der Waals surface area contributed by atoms with Crippen LogP contribution in [-0.2, 0) is 17.9 Å². The van der Waals surface area contributed by atoms with Gasteiger partial charge in [-0.25, -0.2) is 4.39 Å². The number of nitrogens with two attached hydrogens (primary N) is 1. The van der Waals surface area contributed by atoms with Crippen molar-refractivity contribution in [2.24, 2.45) is 5.73 Å². The van der Waals surface area contributed by atoms with E-state index < -0.39 is 18.7 Å². The first-order valence-electron chi connectivity index (χ1n) is 5.31. The second-order valence-electron chi connectivity index (χ2n) is 3.76. The molecule has 5 nitrogen and oxygen atoms in total. The fourth-order valence-corrected chi connectivity index (χ4v) is 1.60. The van der Waals surface area contributed by atoms with E-state index in [9.17, 15) is 9.18 Å². The molecular formula is C12H16FNO4. The second kappa shape index (κ2) is 6.20. The molecular weight excluding hydrogens is 241 g/mol. The predicted molar refractivity (Wildman–Crippen MR) is 63.7 cm³/mol. The van der Waals surface area contributed by atoms with Crippen molar-refractivity contribution in [3.63, 3.8) is 0 Å². The quantitative estimate of drug-likeness (QED) is 0.798. The number of hydrogen-bond acceptors (Lipinski definition) is 4. The Kier molecular flexibility index (Phi) is 4.91. The van der Waals surface area contributed by atoms with Crippen molar-refractivity contribution >= 4 is 5.97 Å². The van der Waals surface area contributed by atoms with Crippen LogP contribution in [0.1, 0.15) is 11.1 Å². The summed E-state index contributed by atoms with van der Waals surface area (Å²) in [5.41, 5.74) is 6.30. The molecule has 6 heteroatoms. The SMILES string of the molecule is COc1cc(CF)c(CC(N)C(=O)O)cc1OC. The summed E-state index contributed by atoms with van der Waals surface area (Å²) in [5, 5.41) is 8.76. The molecule has 1 aromatic carbocycles. The van der Waals surface area contributed by atoms with Crippen LogP contribution in [0.15, 0.2) is 12.1 Å². The summed E-state index contributed by atoms with van der Waals surface area (Å²) < 4.78 is 23.0. The lowest BCUT2D eigenvalue weighted by Gasteiger charge is -2.14. The molecule has 0 aliphatic heterocycles. The fraction of sp³-hybridized carbons (Fsp3) is 0.417. The van der Waals surface area contributed by atoms with Gasteiger partial charge in [0.15, 0.2) is 11.5 Å². The summed E-state index contributed by atoms with van der Waals surface area (Å²) in [6.07, 6.45) is 0.0366. The monoisotopic (exact) mass is 257 g/mol. The van der Waals surface area contributed by atoms with E-state index in [0.29, 0.717) is 22.6 Å². The van der Waals surface area contributed by atoms with Gasteiger partial charge in [-0.2, -0.15) is 0 Å². The molecule has 0 spiro atoms. The number of halogens is 1. The number of carboxylic acid groups (broad SMARTS) is 1. The highest BCUT2D eigenvalue weighted by Crippen LogP contribution is 2.31. The van der Waals surface area contributed by atoms with Gasteiger partial charge < -0.3 is 20.3 Å². The van der Waals surface area contributed by atoms with Crippen LogP contribution in [0.5, 0.6) is 11.5 Å². The summed E-state index contributed by atoms with van der Waals surface area (Å²) in [6.45, 7) is -0.720. The third kappa shape index (κ3) is 3.10. The maximum atomic E-state index is 12.9. The van der Waals surface area contributed by atoms with Crippen molar-refractivity contribution in [2.75, 3.05) is 14.2 Å². The van der Waals surface area contributed by atoms with Gasteiger partial charge in [0, 0.05) is 0 Å². The van der Waals surface area contributed by atoms with Gasteiger partial charge in [-0.1, -0.05) is 0 Å². The van der Waals surface area contributed by atoms with Crippen LogP contribution in [0.2, 0.25) is 0 Å². The van der Waals surface area contributed by atoms with Crippen molar-refractivity contribution in [1.82, 2.24) is 0 Å². The van der Waals surface area contributed by atoms with E-state index in [4.69, 9.17) is 20.3 Å². The van der Waals surface area contributed by atoms with Crippen molar-refractivity contribution in [2.45, 2.75) is 19.1 Å². The Morgan fingerprint density at radius 1 is 1.33 bits per heavy atom. The Labute approximate surface area is 104 Å². The van der Waals surface area contributed by atoms with Crippen LogP contribution in [0.3, 0.4) is 0 Å². The van der Waals surface area contributed by atoms with Gasteiger partial charge in [-0.05, 0) is 29.7 Å². The highest BCUT2D eigenvalue weighted by molar-refractivity contribution is 5.73. The van der Waals surface area contributed by atoms with Crippen LogP contribution < -0.4 is 15.2 Å². The number of methoxy groups -OCH3 is 2. The second-order valence-corrected chi connectivity index (χ2v) is 3.76. The largest absolute Gasteiger partial charge is 0.493 e. The van der Waals surface area contributed by atoms with Gasteiger partial charge in [0.1, 0.15) is 12.7 Å². The lowest BCUT2D eigenvalue weighted by Crippen LogP contribution is -2.32. The van der Waals surface area contributed by atoms with Crippen molar-refractivity contribution < 1.29 is 23.8 Å². The van der Waals surface area contributed by atoms with E-state index in [0.717, 1.165) is 0 Å². The van der Waals surface area contributed by atoms with Crippen LogP contribution in [0, 0.1) is 0 Å². The topological polar surface area (TPSA) is 81.8 Å². The molecule has 0 heterocycles. The molecule has 0 aliphatic carbocycles. The first-order chi connectivity index (χ1) is 8.53. The van der Waals surface area contributed by atoms with E-state index >= 15 is 0 Å². The number of ether oxygens (including phenoxy) is 2. The first-order valence-corrected chi connectivity index (χ1v) is 5.31. The number of aliphatic carboxylic acids is 1. The smallest absolute Gasteiger partial charge is 0.320 e. The summed E-state index contributed by atoms with van der Waals surface area (Å²) >= 11 is 0. The Morgan fingerprint density at radius 2 is 1.83 bits per heavy atom. The van der Waals surface area contributed by atoms with E-state index in [-0.39, 0.29) is 6.42 Å². The highest BCUT2D eigenvalue weighted by Gasteiger charge is 2.17. The Balaban J connectivity index is 3.13. The zero-order valence-electron chi connectivity index (χ0n) is 10.3. The highest BCUT2D eigenvalue weighted by atomic mass is 19.1. The minimum Gasteiger partial charge on any atom is -0.493 e. The lowest BCUT2D eigenvalue weighted by molar-refractivity contribution is -0.138. The number of carbonyl (C=O) groups is 1. The number of benzene rings is 1. The standard InChI is InChI=1S/C12H16FNO4/c1-17-10-4-7(3-9(14)12(15)16)8(6-13)5-11(10)18-2/h4-5,9H,3,6,14H2,1-2H3,(H,15,16). The maximum Gasteiger partial charge on any atom is 0.320 e. The first kappa shape index (κ1) is 14.2. The summed E-state index contributed by atoms with van der Waals surface area (Å²) in [4.78, 5) is 10.7. The van der Waals surface area contributed by atoms with E-state index in [1.807, 2.05) is 0 Å². The van der Waals surface area contributed by atoms with Gasteiger partial charge in [0.25, 0.3) is 0 Å². The van der Waals surface area contributed by atoms with Crippen molar-refractivity contribution in [1.29, 1.82) is 0 Å². The molecule has 1 rings (SSSR count). The van der Waals surface area contributed by atoms with Gasteiger partial charge in [0.05, 0.1) is 14.2 Å². The minimum atomic E-state index is -1.13. The van der Waals surface area contributed by atoms with Gasteiger partial charge >= 0.3 is 5.97 Å². The van der Waals surface area contributed by atoms with Crippen molar-refractivity contribution in [3.05, 3.63) is 23.3 Å². The number of hydrogen-bond donors (Lipinski definition) is 2. The molecule has 3 N–H and O–H groups in total. The predicted octanol–water partition coefficient (Wildman–Crippen LogP) is 1.13. The van der Waals surface area contributed by atoms with Gasteiger partial charge in [-0.3, -0.25) is 4.79 Å². The summed E-state index contributed by atoms with van der Waals surface area (Å²) in [5.74, 6) is -0.310. The maximum absolute atomic E-state index is 12.9. The average Bonchev–Trinajstić information content (AvgIpc) is 2.37. The van der Waals surface area contributed by atoms with E-state index in [1.165, 1.54) is 20.3 Å². The number of alkyl halides is 1. The molecule has 1 aromatic rings. The molecule has 1 unspecified atom stereocenters. The molecule has 0 aromatic heterocycles. The van der Waals surface area contributed by atoms with Crippen LogP contribution in [-0.4, -0.2) is 31.3 Å². The molecule has 100 valence electrons. The molecule has 0 saturated carbocycles. The molecule has 0 aliphatic rings. The average molecular weight is 257 g/mol. The van der Waals surface area contributed by atoms with Crippen LogP contribution in [0.25, 0.3) is 0 Å². The zero-order chi connectivity index (χ0) is 13.7. The molecule has 0 radical (unpaired) electrons. The molecule has 0 amide bonds. The normalized spacial score (nSPS) is 12.0. The molecule has 1 atom stereocenters.